The maximum atomic E-state index is 5.79. The lowest BCUT2D eigenvalue weighted by atomic mass is 10.2. The minimum Gasteiger partial charge on any atom is -0.438 e. The molecule has 1 aromatic heterocycles. The molecular weight excluding hydrogens is 304 g/mol. The van der Waals surface area contributed by atoms with Gasteiger partial charge in [-0.2, -0.15) is 0 Å². The SMILES string of the molecule is Brc1ccccc1Oc1cc(CNC2CC2)ccn1. The summed E-state index contributed by atoms with van der Waals surface area (Å²) in [6, 6.07) is 12.5. The van der Waals surface area contributed by atoms with Crippen molar-refractivity contribution in [1.29, 1.82) is 0 Å². The van der Waals surface area contributed by atoms with Crippen LogP contribution in [0.4, 0.5) is 0 Å². The number of rotatable bonds is 5. The van der Waals surface area contributed by atoms with Gasteiger partial charge in [0.15, 0.2) is 0 Å². The van der Waals surface area contributed by atoms with Crippen molar-refractivity contribution in [2.75, 3.05) is 0 Å². The summed E-state index contributed by atoms with van der Waals surface area (Å²) < 4.78 is 6.72. The van der Waals surface area contributed by atoms with Crippen molar-refractivity contribution in [3.05, 3.63) is 52.6 Å². The number of hydrogen-bond acceptors (Lipinski definition) is 3. The van der Waals surface area contributed by atoms with E-state index < -0.39 is 0 Å². The minimum atomic E-state index is 0.627. The first-order valence-electron chi connectivity index (χ1n) is 6.42. The lowest BCUT2D eigenvalue weighted by molar-refractivity contribution is 0.459. The molecule has 3 nitrogen and oxygen atoms in total. The largest absolute Gasteiger partial charge is 0.438 e. The number of nitrogens with one attached hydrogen (secondary N) is 1. The Bertz CT molecular complexity index is 570. The van der Waals surface area contributed by atoms with Crippen LogP contribution < -0.4 is 10.1 Å². The van der Waals surface area contributed by atoms with Crippen LogP contribution in [0.15, 0.2) is 47.1 Å². The van der Waals surface area contributed by atoms with Crippen LogP contribution in [0.2, 0.25) is 0 Å². The number of pyridine rings is 1. The van der Waals surface area contributed by atoms with Crippen molar-refractivity contribution < 1.29 is 4.74 Å². The zero-order chi connectivity index (χ0) is 13.1. The second-order valence-electron chi connectivity index (χ2n) is 4.69. The first kappa shape index (κ1) is 12.6. The van der Waals surface area contributed by atoms with Crippen LogP contribution in [0, 0.1) is 0 Å². The summed E-state index contributed by atoms with van der Waals surface area (Å²) in [5.74, 6) is 1.41. The molecule has 0 atom stereocenters. The number of nitrogens with zero attached hydrogens (tertiary/aromatic N) is 1. The van der Waals surface area contributed by atoms with Crippen LogP contribution >= 0.6 is 15.9 Å². The van der Waals surface area contributed by atoms with Gasteiger partial charge in [0.1, 0.15) is 5.75 Å². The molecule has 3 rings (SSSR count). The number of halogens is 1. The Morgan fingerprint density at radius 1 is 1.26 bits per heavy atom. The highest BCUT2D eigenvalue weighted by molar-refractivity contribution is 9.10. The van der Waals surface area contributed by atoms with Crippen LogP contribution in [0.1, 0.15) is 18.4 Å². The summed E-state index contributed by atoms with van der Waals surface area (Å²) in [6.45, 7) is 0.875. The Kier molecular flexibility index (Phi) is 3.80. The Morgan fingerprint density at radius 3 is 2.89 bits per heavy atom. The summed E-state index contributed by atoms with van der Waals surface area (Å²) in [5, 5.41) is 3.48. The van der Waals surface area contributed by atoms with Gasteiger partial charge in [-0.1, -0.05) is 12.1 Å². The van der Waals surface area contributed by atoms with Crippen LogP contribution in [-0.2, 0) is 6.54 Å². The van der Waals surface area contributed by atoms with E-state index in [9.17, 15) is 0 Å². The summed E-state index contributed by atoms with van der Waals surface area (Å²) >= 11 is 3.47. The molecule has 1 aliphatic carbocycles. The van der Waals surface area contributed by atoms with Crippen molar-refractivity contribution in [3.8, 4) is 11.6 Å². The van der Waals surface area contributed by atoms with Crippen LogP contribution in [0.3, 0.4) is 0 Å². The topological polar surface area (TPSA) is 34.1 Å². The molecule has 1 aliphatic rings. The molecule has 1 fully saturated rings. The molecule has 1 N–H and O–H groups in total. The van der Waals surface area contributed by atoms with Crippen LogP contribution in [0.5, 0.6) is 11.6 Å². The molecule has 19 heavy (non-hydrogen) atoms. The number of aromatic nitrogens is 1. The second kappa shape index (κ2) is 5.72. The molecule has 0 unspecified atom stereocenters. The van der Waals surface area contributed by atoms with Gasteiger partial charge >= 0.3 is 0 Å². The van der Waals surface area contributed by atoms with Crippen molar-refractivity contribution in [3.63, 3.8) is 0 Å². The fourth-order valence-electron chi connectivity index (χ4n) is 1.81. The summed E-state index contributed by atoms with van der Waals surface area (Å²) in [5.41, 5.74) is 1.20. The highest BCUT2D eigenvalue weighted by Crippen LogP contribution is 2.28. The zero-order valence-electron chi connectivity index (χ0n) is 10.5. The third-order valence-corrected chi connectivity index (χ3v) is 3.68. The average Bonchev–Trinajstić information content (AvgIpc) is 3.24. The molecule has 4 heteroatoms. The third kappa shape index (κ3) is 3.55. The predicted octanol–water partition coefficient (Wildman–Crippen LogP) is 3.89. The molecule has 0 spiro atoms. The first-order valence-corrected chi connectivity index (χ1v) is 7.21. The van der Waals surface area contributed by atoms with E-state index in [1.165, 1.54) is 18.4 Å². The van der Waals surface area contributed by atoms with Crippen LogP contribution in [-0.4, -0.2) is 11.0 Å². The molecule has 1 heterocycles. The van der Waals surface area contributed by atoms with Crippen LogP contribution in [0.25, 0.3) is 0 Å². The normalized spacial score (nSPS) is 14.4. The number of hydrogen-bond donors (Lipinski definition) is 1. The van der Waals surface area contributed by atoms with Gasteiger partial charge < -0.3 is 10.1 Å². The molecule has 1 aromatic carbocycles. The van der Waals surface area contributed by atoms with Gasteiger partial charge in [-0.25, -0.2) is 4.98 Å². The molecule has 98 valence electrons. The van der Waals surface area contributed by atoms with E-state index >= 15 is 0 Å². The highest BCUT2D eigenvalue weighted by Gasteiger charge is 2.19. The molecule has 0 bridgehead atoms. The van der Waals surface area contributed by atoms with E-state index in [-0.39, 0.29) is 0 Å². The van der Waals surface area contributed by atoms with Crippen molar-refractivity contribution in [2.24, 2.45) is 0 Å². The molecule has 0 radical (unpaired) electrons. The van der Waals surface area contributed by atoms with Crippen molar-refractivity contribution in [2.45, 2.75) is 25.4 Å². The molecule has 0 aliphatic heterocycles. The van der Waals surface area contributed by atoms with E-state index in [2.05, 4.69) is 26.2 Å². The van der Waals surface area contributed by atoms with Crippen molar-refractivity contribution in [1.82, 2.24) is 10.3 Å². The quantitative estimate of drug-likeness (QED) is 0.908. The smallest absolute Gasteiger partial charge is 0.219 e. The van der Waals surface area contributed by atoms with E-state index in [1.807, 2.05) is 36.4 Å². The molecule has 0 saturated heterocycles. The van der Waals surface area contributed by atoms with E-state index in [4.69, 9.17) is 4.74 Å². The monoisotopic (exact) mass is 318 g/mol. The lowest BCUT2D eigenvalue weighted by Crippen LogP contribution is -2.15. The standard InChI is InChI=1S/C15H15BrN2O/c16-13-3-1-2-4-14(13)19-15-9-11(7-8-17-15)10-18-12-5-6-12/h1-4,7-9,12,18H,5-6,10H2. The van der Waals surface area contributed by atoms with Gasteiger partial charge in [0.25, 0.3) is 0 Å². The number of ether oxygens (including phenoxy) is 1. The Hall–Kier alpha value is -1.39. The van der Waals surface area contributed by atoms with E-state index in [1.54, 1.807) is 6.20 Å². The summed E-state index contributed by atoms with van der Waals surface area (Å²) in [6.07, 6.45) is 4.38. The maximum absolute atomic E-state index is 5.79. The number of benzene rings is 1. The number of para-hydroxylation sites is 1. The van der Waals surface area contributed by atoms with Gasteiger partial charge in [0.05, 0.1) is 4.47 Å². The Morgan fingerprint density at radius 2 is 2.11 bits per heavy atom. The molecular formula is C15H15BrN2O. The van der Waals surface area contributed by atoms with Gasteiger partial charge in [-0.15, -0.1) is 0 Å². The van der Waals surface area contributed by atoms with E-state index in [0.29, 0.717) is 11.9 Å². The third-order valence-electron chi connectivity index (χ3n) is 3.02. The molecule has 0 amide bonds. The predicted molar refractivity (Wildman–Crippen MR) is 78.3 cm³/mol. The Labute approximate surface area is 121 Å². The van der Waals surface area contributed by atoms with Crippen molar-refractivity contribution >= 4 is 15.9 Å². The van der Waals surface area contributed by atoms with Gasteiger partial charge in [-0.05, 0) is 52.5 Å². The van der Waals surface area contributed by atoms with E-state index in [0.717, 1.165) is 16.8 Å². The maximum Gasteiger partial charge on any atom is 0.219 e. The zero-order valence-corrected chi connectivity index (χ0v) is 12.1. The average molecular weight is 319 g/mol. The second-order valence-corrected chi connectivity index (χ2v) is 5.54. The summed E-state index contributed by atoms with van der Waals surface area (Å²) in [4.78, 5) is 4.25. The van der Waals surface area contributed by atoms with Gasteiger partial charge in [0, 0.05) is 24.8 Å². The Balaban J connectivity index is 1.70. The molecule has 1 saturated carbocycles. The first-order chi connectivity index (χ1) is 9.31. The lowest BCUT2D eigenvalue weighted by Gasteiger charge is -2.08. The van der Waals surface area contributed by atoms with Gasteiger partial charge in [-0.3, -0.25) is 0 Å². The fourth-order valence-corrected chi connectivity index (χ4v) is 2.17. The minimum absolute atomic E-state index is 0.627. The summed E-state index contributed by atoms with van der Waals surface area (Å²) in [7, 11) is 0. The fraction of sp³-hybridized carbons (Fsp3) is 0.267. The van der Waals surface area contributed by atoms with Gasteiger partial charge in [0.2, 0.25) is 5.88 Å². The highest BCUT2D eigenvalue weighted by atomic mass is 79.9. The molecule has 2 aromatic rings.